The zero-order valence-corrected chi connectivity index (χ0v) is 13.0. The zero-order valence-electron chi connectivity index (χ0n) is 12.2. The Bertz CT molecular complexity index is 1040. The first-order valence-corrected chi connectivity index (χ1v) is 8.23. The molecule has 3 aromatic rings. The molecule has 0 spiro atoms. The van der Waals surface area contributed by atoms with Crippen molar-refractivity contribution in [3.63, 3.8) is 0 Å². The van der Waals surface area contributed by atoms with Gasteiger partial charge in [-0.25, -0.2) is 0 Å². The molecular formula is C16H12N2O5S. The van der Waals surface area contributed by atoms with Crippen molar-refractivity contribution >= 4 is 32.3 Å². The molecule has 0 fully saturated rings. The van der Waals surface area contributed by atoms with Gasteiger partial charge in [0, 0.05) is 5.39 Å². The first-order valence-electron chi connectivity index (χ1n) is 6.79. The summed E-state index contributed by atoms with van der Waals surface area (Å²) in [6.45, 7) is 0. The lowest BCUT2D eigenvalue weighted by Gasteiger charge is -2.06. The number of nitrogens with zero attached hydrogens (tertiary/aromatic N) is 2. The Morgan fingerprint density at radius 3 is 2.21 bits per heavy atom. The molecule has 0 unspecified atom stereocenters. The maximum Gasteiger partial charge on any atom is 0.294 e. The topological polar surface area (TPSA) is 120 Å². The number of phenolic OH excluding ortho intramolecular Hbond substituents is 2. The average Bonchev–Trinajstić information content (AvgIpc) is 2.55. The van der Waals surface area contributed by atoms with Gasteiger partial charge in [0.1, 0.15) is 5.69 Å². The predicted molar refractivity (Wildman–Crippen MR) is 87.7 cm³/mol. The maximum absolute atomic E-state index is 11.0. The van der Waals surface area contributed by atoms with E-state index in [-0.39, 0.29) is 16.3 Å². The van der Waals surface area contributed by atoms with Crippen molar-refractivity contribution in [2.24, 2.45) is 10.2 Å². The summed E-state index contributed by atoms with van der Waals surface area (Å²) in [7, 11) is -4.27. The quantitative estimate of drug-likeness (QED) is 0.378. The van der Waals surface area contributed by atoms with Crippen LogP contribution in [0.4, 0.5) is 11.4 Å². The number of aromatic hydroxyl groups is 2. The van der Waals surface area contributed by atoms with Crippen LogP contribution in [0.1, 0.15) is 0 Å². The molecule has 0 amide bonds. The molecular weight excluding hydrogens is 332 g/mol. The Morgan fingerprint density at radius 2 is 1.54 bits per heavy atom. The van der Waals surface area contributed by atoms with Crippen LogP contribution in [-0.4, -0.2) is 23.2 Å². The smallest absolute Gasteiger partial charge is 0.294 e. The van der Waals surface area contributed by atoms with Crippen LogP contribution in [0.3, 0.4) is 0 Å². The Balaban J connectivity index is 2.03. The molecule has 7 nitrogen and oxygen atoms in total. The fourth-order valence-electron chi connectivity index (χ4n) is 2.20. The van der Waals surface area contributed by atoms with Gasteiger partial charge in [-0.2, -0.15) is 13.5 Å². The molecule has 3 aromatic carbocycles. The Kier molecular flexibility index (Phi) is 3.92. The minimum absolute atomic E-state index is 0.101. The van der Waals surface area contributed by atoms with Crippen LogP contribution in [0, 0.1) is 0 Å². The number of benzene rings is 3. The molecule has 0 aromatic heterocycles. The lowest BCUT2D eigenvalue weighted by atomic mass is 10.1. The number of fused-ring (bicyclic) bond motifs is 1. The van der Waals surface area contributed by atoms with Crippen LogP contribution in [0.2, 0.25) is 0 Å². The zero-order chi connectivity index (χ0) is 17.3. The van der Waals surface area contributed by atoms with Crippen molar-refractivity contribution < 1.29 is 23.2 Å². The van der Waals surface area contributed by atoms with Crippen LogP contribution in [-0.2, 0) is 10.1 Å². The molecule has 3 rings (SSSR count). The third kappa shape index (κ3) is 3.05. The molecule has 0 aliphatic rings. The molecule has 8 heteroatoms. The molecule has 122 valence electrons. The monoisotopic (exact) mass is 344 g/mol. The predicted octanol–water partition coefficient (Wildman–Crippen LogP) is 3.91. The van der Waals surface area contributed by atoms with Crippen molar-refractivity contribution in [3.8, 4) is 11.5 Å². The van der Waals surface area contributed by atoms with Crippen molar-refractivity contribution in [2.75, 3.05) is 0 Å². The van der Waals surface area contributed by atoms with Crippen LogP contribution in [0.15, 0.2) is 69.7 Å². The second-order valence-corrected chi connectivity index (χ2v) is 6.40. The van der Waals surface area contributed by atoms with Crippen molar-refractivity contribution in [1.82, 2.24) is 0 Å². The highest BCUT2D eigenvalue weighted by atomic mass is 32.2. The van der Waals surface area contributed by atoms with Gasteiger partial charge in [-0.1, -0.05) is 24.3 Å². The van der Waals surface area contributed by atoms with E-state index in [1.807, 2.05) is 0 Å². The molecule has 3 N–H and O–H groups in total. The molecule has 0 heterocycles. The Morgan fingerprint density at radius 1 is 0.875 bits per heavy atom. The second-order valence-electron chi connectivity index (χ2n) is 4.98. The van der Waals surface area contributed by atoms with Gasteiger partial charge < -0.3 is 10.2 Å². The molecule has 0 saturated carbocycles. The van der Waals surface area contributed by atoms with E-state index in [1.54, 1.807) is 24.3 Å². The van der Waals surface area contributed by atoms with Crippen LogP contribution in [0.5, 0.6) is 11.5 Å². The fourth-order valence-corrected chi connectivity index (χ4v) is 2.68. The van der Waals surface area contributed by atoms with Crippen LogP contribution >= 0.6 is 0 Å². The van der Waals surface area contributed by atoms with Gasteiger partial charge in [-0.15, -0.1) is 5.11 Å². The third-order valence-electron chi connectivity index (χ3n) is 3.38. The van der Waals surface area contributed by atoms with E-state index in [2.05, 4.69) is 10.2 Å². The van der Waals surface area contributed by atoms with Gasteiger partial charge >= 0.3 is 0 Å². The van der Waals surface area contributed by atoms with Gasteiger partial charge in [0.15, 0.2) is 11.5 Å². The summed E-state index contributed by atoms with van der Waals surface area (Å²) < 4.78 is 30.9. The first-order chi connectivity index (χ1) is 11.4. The largest absolute Gasteiger partial charge is 0.504 e. The summed E-state index contributed by atoms with van der Waals surface area (Å²) in [5.74, 6) is -0.712. The summed E-state index contributed by atoms with van der Waals surface area (Å²) in [4.78, 5) is -0.257. The van der Waals surface area contributed by atoms with Crippen LogP contribution < -0.4 is 0 Å². The van der Waals surface area contributed by atoms with E-state index >= 15 is 0 Å². The van der Waals surface area contributed by atoms with Gasteiger partial charge in [0.05, 0.1) is 10.6 Å². The van der Waals surface area contributed by atoms with Gasteiger partial charge in [-0.3, -0.25) is 4.55 Å². The van der Waals surface area contributed by atoms with E-state index in [1.165, 1.54) is 30.3 Å². The summed E-state index contributed by atoms with van der Waals surface area (Å²) in [5.41, 5.74) is 0.415. The molecule has 0 bridgehead atoms. The first kappa shape index (κ1) is 15.9. The highest BCUT2D eigenvalue weighted by Crippen LogP contribution is 2.42. The van der Waals surface area contributed by atoms with E-state index < -0.39 is 15.9 Å². The minimum atomic E-state index is -4.27. The fraction of sp³-hybridized carbons (Fsp3) is 0. The van der Waals surface area contributed by atoms with E-state index in [4.69, 9.17) is 4.55 Å². The average molecular weight is 344 g/mol. The lowest BCUT2D eigenvalue weighted by Crippen LogP contribution is -1.96. The SMILES string of the molecule is O=S(=O)(O)c1ccc(N=Nc2c(O)c(O)cc3ccccc23)cc1. The summed E-state index contributed by atoms with van der Waals surface area (Å²) in [6.07, 6.45) is 0. The Labute approximate surface area is 137 Å². The normalized spacial score (nSPS) is 12.0. The molecule has 0 aliphatic carbocycles. The standard InChI is InChI=1S/C16H12N2O5S/c19-14-9-10-3-1-2-4-13(10)15(16(14)20)18-17-11-5-7-12(8-6-11)24(21,22)23/h1-9,19-20H,(H,21,22,23). The van der Waals surface area contributed by atoms with Crippen molar-refractivity contribution in [1.29, 1.82) is 0 Å². The van der Waals surface area contributed by atoms with Gasteiger partial charge in [0.25, 0.3) is 10.1 Å². The molecule has 0 atom stereocenters. The van der Waals surface area contributed by atoms with Gasteiger partial charge in [-0.05, 0) is 35.7 Å². The Hall–Kier alpha value is -2.97. The van der Waals surface area contributed by atoms with E-state index in [0.29, 0.717) is 16.5 Å². The highest BCUT2D eigenvalue weighted by Gasteiger charge is 2.12. The summed E-state index contributed by atoms with van der Waals surface area (Å²) in [5, 5.41) is 29.0. The maximum atomic E-state index is 11.0. The van der Waals surface area contributed by atoms with E-state index in [0.717, 1.165) is 0 Å². The van der Waals surface area contributed by atoms with Crippen molar-refractivity contribution in [2.45, 2.75) is 4.90 Å². The number of hydrogen-bond donors (Lipinski definition) is 3. The molecule has 0 saturated heterocycles. The number of rotatable bonds is 3. The summed E-state index contributed by atoms with van der Waals surface area (Å²) in [6, 6.07) is 13.5. The molecule has 0 radical (unpaired) electrons. The lowest BCUT2D eigenvalue weighted by molar-refractivity contribution is 0.406. The summed E-state index contributed by atoms with van der Waals surface area (Å²) >= 11 is 0. The second kappa shape index (κ2) is 5.91. The minimum Gasteiger partial charge on any atom is -0.504 e. The van der Waals surface area contributed by atoms with Gasteiger partial charge in [0.2, 0.25) is 0 Å². The third-order valence-corrected chi connectivity index (χ3v) is 4.24. The molecule has 0 aliphatic heterocycles. The number of hydrogen-bond acceptors (Lipinski definition) is 6. The van der Waals surface area contributed by atoms with Crippen molar-refractivity contribution in [3.05, 3.63) is 54.6 Å². The van der Waals surface area contributed by atoms with E-state index in [9.17, 15) is 18.6 Å². The molecule has 24 heavy (non-hydrogen) atoms. The number of azo groups is 1. The highest BCUT2D eigenvalue weighted by molar-refractivity contribution is 7.85. The number of phenols is 2. The van der Waals surface area contributed by atoms with Crippen LogP contribution in [0.25, 0.3) is 10.8 Å².